The molecule has 0 saturated heterocycles. The standard InChI is InChI=1S/C11H16BrNO2S/c1-6(2)9-7(3)10(16(5,14)15)11(12)13-8(9)4/h6H,1-5H3. The fourth-order valence-electron chi connectivity index (χ4n) is 2.09. The van der Waals surface area contributed by atoms with Gasteiger partial charge in [-0.3, -0.25) is 0 Å². The second-order valence-corrected chi connectivity index (χ2v) is 6.99. The number of sulfone groups is 1. The number of pyridine rings is 1. The first-order valence-corrected chi connectivity index (χ1v) is 7.71. The van der Waals surface area contributed by atoms with Crippen molar-refractivity contribution in [2.45, 2.75) is 38.5 Å². The third-order valence-electron chi connectivity index (χ3n) is 2.54. The highest BCUT2D eigenvalue weighted by Gasteiger charge is 2.21. The predicted molar refractivity (Wildman–Crippen MR) is 68.6 cm³/mol. The molecule has 1 rings (SSSR count). The lowest BCUT2D eigenvalue weighted by atomic mass is 9.97. The first-order valence-electron chi connectivity index (χ1n) is 5.03. The molecule has 0 atom stereocenters. The molecule has 0 fully saturated rings. The molecule has 3 nitrogen and oxygen atoms in total. The van der Waals surface area contributed by atoms with Crippen molar-refractivity contribution < 1.29 is 8.42 Å². The minimum Gasteiger partial charge on any atom is -0.245 e. The van der Waals surface area contributed by atoms with Gasteiger partial charge in [-0.15, -0.1) is 0 Å². The van der Waals surface area contributed by atoms with E-state index in [1.807, 2.05) is 27.7 Å². The Hall–Kier alpha value is -0.420. The summed E-state index contributed by atoms with van der Waals surface area (Å²) in [6, 6.07) is 0. The van der Waals surface area contributed by atoms with Gasteiger partial charge in [-0.05, 0) is 46.8 Å². The van der Waals surface area contributed by atoms with Crippen molar-refractivity contribution in [1.82, 2.24) is 4.98 Å². The number of hydrogen-bond acceptors (Lipinski definition) is 3. The van der Waals surface area contributed by atoms with Crippen molar-refractivity contribution in [1.29, 1.82) is 0 Å². The molecule has 1 aromatic rings. The third-order valence-corrected chi connectivity index (χ3v) is 4.61. The van der Waals surface area contributed by atoms with Crippen LogP contribution in [0.25, 0.3) is 0 Å². The molecule has 1 aromatic heterocycles. The fraction of sp³-hybridized carbons (Fsp3) is 0.545. The molecule has 0 aliphatic heterocycles. The minimum atomic E-state index is -3.25. The normalized spacial score (nSPS) is 12.2. The lowest BCUT2D eigenvalue weighted by Gasteiger charge is -2.16. The zero-order valence-corrected chi connectivity index (χ0v) is 12.5. The molecule has 0 radical (unpaired) electrons. The molecular weight excluding hydrogens is 290 g/mol. The number of hydrogen-bond donors (Lipinski definition) is 0. The van der Waals surface area contributed by atoms with E-state index in [9.17, 15) is 8.42 Å². The van der Waals surface area contributed by atoms with E-state index < -0.39 is 9.84 Å². The molecule has 0 N–H and O–H groups in total. The zero-order valence-electron chi connectivity index (χ0n) is 10.1. The molecule has 1 heterocycles. The van der Waals surface area contributed by atoms with Crippen LogP contribution in [0.5, 0.6) is 0 Å². The van der Waals surface area contributed by atoms with Crippen molar-refractivity contribution in [3.63, 3.8) is 0 Å². The number of aryl methyl sites for hydroxylation is 1. The second kappa shape index (κ2) is 4.45. The van der Waals surface area contributed by atoms with E-state index in [1.54, 1.807) is 0 Å². The van der Waals surface area contributed by atoms with Gasteiger partial charge in [0.1, 0.15) is 9.50 Å². The van der Waals surface area contributed by atoms with E-state index in [2.05, 4.69) is 20.9 Å². The molecule has 0 unspecified atom stereocenters. The van der Waals surface area contributed by atoms with E-state index in [4.69, 9.17) is 0 Å². The molecule has 0 bridgehead atoms. The highest BCUT2D eigenvalue weighted by atomic mass is 79.9. The largest absolute Gasteiger partial charge is 0.245 e. The third kappa shape index (κ3) is 2.46. The maximum absolute atomic E-state index is 11.7. The van der Waals surface area contributed by atoms with E-state index in [0.717, 1.165) is 16.8 Å². The van der Waals surface area contributed by atoms with E-state index in [1.165, 1.54) is 6.26 Å². The van der Waals surface area contributed by atoms with Gasteiger partial charge in [0.2, 0.25) is 0 Å². The Morgan fingerprint density at radius 3 is 2.12 bits per heavy atom. The Balaban J connectivity index is 3.72. The maximum Gasteiger partial charge on any atom is 0.178 e. The van der Waals surface area contributed by atoms with Gasteiger partial charge in [0, 0.05) is 11.9 Å². The number of nitrogens with zero attached hydrogens (tertiary/aromatic N) is 1. The van der Waals surface area contributed by atoms with Crippen LogP contribution in [0.2, 0.25) is 0 Å². The fourth-order valence-corrected chi connectivity index (χ4v) is 4.55. The van der Waals surface area contributed by atoms with Crippen LogP contribution in [0.3, 0.4) is 0 Å². The molecule has 5 heteroatoms. The van der Waals surface area contributed by atoms with Crippen molar-refractivity contribution in [2.75, 3.05) is 6.26 Å². The summed E-state index contributed by atoms with van der Waals surface area (Å²) in [4.78, 5) is 4.57. The summed E-state index contributed by atoms with van der Waals surface area (Å²) < 4.78 is 23.8. The number of halogens is 1. The van der Waals surface area contributed by atoms with Gasteiger partial charge in [0.15, 0.2) is 9.84 Å². The van der Waals surface area contributed by atoms with Crippen molar-refractivity contribution in [3.05, 3.63) is 21.4 Å². The highest BCUT2D eigenvalue weighted by Crippen LogP contribution is 2.31. The Morgan fingerprint density at radius 2 is 1.75 bits per heavy atom. The quantitative estimate of drug-likeness (QED) is 0.789. The zero-order chi connectivity index (χ0) is 12.7. The molecule has 0 saturated carbocycles. The molecular formula is C11H16BrNO2S. The van der Waals surface area contributed by atoms with Gasteiger partial charge in [0.05, 0.1) is 0 Å². The maximum atomic E-state index is 11.7. The lowest BCUT2D eigenvalue weighted by molar-refractivity contribution is 0.599. The van der Waals surface area contributed by atoms with Crippen molar-refractivity contribution >= 4 is 25.8 Å². The number of rotatable bonds is 2. The van der Waals surface area contributed by atoms with E-state index >= 15 is 0 Å². The Morgan fingerprint density at radius 1 is 1.25 bits per heavy atom. The van der Waals surface area contributed by atoms with Crippen molar-refractivity contribution in [2.24, 2.45) is 0 Å². The van der Waals surface area contributed by atoms with Crippen LogP contribution >= 0.6 is 15.9 Å². The van der Waals surface area contributed by atoms with Crippen LogP contribution in [-0.2, 0) is 9.84 Å². The molecule has 90 valence electrons. The first-order chi connectivity index (χ1) is 7.16. The van der Waals surface area contributed by atoms with E-state index in [-0.39, 0.29) is 5.92 Å². The highest BCUT2D eigenvalue weighted by molar-refractivity contribution is 9.10. The van der Waals surface area contributed by atoms with Crippen LogP contribution in [0, 0.1) is 13.8 Å². The Labute approximate surface area is 105 Å². The van der Waals surface area contributed by atoms with Gasteiger partial charge in [-0.1, -0.05) is 13.8 Å². The smallest absolute Gasteiger partial charge is 0.178 e. The van der Waals surface area contributed by atoms with Crippen molar-refractivity contribution in [3.8, 4) is 0 Å². The summed E-state index contributed by atoms with van der Waals surface area (Å²) in [5.41, 5.74) is 2.70. The molecule has 0 aromatic carbocycles. The van der Waals surface area contributed by atoms with Crippen LogP contribution in [0.15, 0.2) is 9.50 Å². The lowest BCUT2D eigenvalue weighted by Crippen LogP contribution is -2.09. The number of aromatic nitrogens is 1. The average molecular weight is 306 g/mol. The summed E-state index contributed by atoms with van der Waals surface area (Å²) >= 11 is 3.23. The summed E-state index contributed by atoms with van der Waals surface area (Å²) in [6.07, 6.45) is 1.21. The summed E-state index contributed by atoms with van der Waals surface area (Å²) in [5, 5.41) is 0. The molecule has 16 heavy (non-hydrogen) atoms. The van der Waals surface area contributed by atoms with Gasteiger partial charge in [-0.25, -0.2) is 13.4 Å². The van der Waals surface area contributed by atoms with Gasteiger partial charge in [-0.2, -0.15) is 0 Å². The SMILES string of the molecule is Cc1nc(Br)c(S(C)(=O)=O)c(C)c1C(C)C. The monoisotopic (exact) mass is 305 g/mol. The summed E-state index contributed by atoms with van der Waals surface area (Å²) in [6.45, 7) is 7.82. The molecule has 0 aliphatic carbocycles. The summed E-state index contributed by atoms with van der Waals surface area (Å²) in [7, 11) is -3.25. The predicted octanol–water partition coefficient (Wildman–Crippen LogP) is 2.99. The van der Waals surface area contributed by atoms with Gasteiger partial charge >= 0.3 is 0 Å². The Bertz CT molecular complexity index is 521. The molecule has 0 spiro atoms. The van der Waals surface area contributed by atoms with Crippen LogP contribution in [0.1, 0.15) is 36.6 Å². The topological polar surface area (TPSA) is 47.0 Å². The van der Waals surface area contributed by atoms with Crippen LogP contribution < -0.4 is 0 Å². The van der Waals surface area contributed by atoms with Gasteiger partial charge in [0.25, 0.3) is 0 Å². The molecule has 0 amide bonds. The summed E-state index contributed by atoms with van der Waals surface area (Å²) in [5.74, 6) is 0.265. The Kier molecular flexibility index (Phi) is 3.80. The minimum absolute atomic E-state index is 0.265. The van der Waals surface area contributed by atoms with E-state index in [0.29, 0.717) is 9.50 Å². The second-order valence-electron chi connectivity index (χ2n) is 4.28. The van der Waals surface area contributed by atoms with Crippen LogP contribution in [0.4, 0.5) is 0 Å². The average Bonchev–Trinajstić information content (AvgIpc) is 1.97. The van der Waals surface area contributed by atoms with Gasteiger partial charge < -0.3 is 0 Å². The first kappa shape index (κ1) is 13.6. The van der Waals surface area contributed by atoms with Crippen LogP contribution in [-0.4, -0.2) is 19.7 Å². The molecule has 0 aliphatic rings.